The molecule has 0 saturated carbocycles. The summed E-state index contributed by atoms with van der Waals surface area (Å²) < 4.78 is 28.1. The quantitative estimate of drug-likeness (QED) is 0.422. The Morgan fingerprint density at radius 3 is 2.63 bits per heavy atom. The fourth-order valence-corrected chi connectivity index (χ4v) is 3.58. The van der Waals surface area contributed by atoms with Crippen LogP contribution in [0.25, 0.3) is 0 Å². The van der Waals surface area contributed by atoms with Gasteiger partial charge in [-0.1, -0.05) is 12.1 Å². The van der Waals surface area contributed by atoms with Gasteiger partial charge in [0.2, 0.25) is 10.0 Å². The Bertz CT molecular complexity index is 771. The van der Waals surface area contributed by atoms with E-state index >= 15 is 0 Å². The highest BCUT2D eigenvalue weighted by molar-refractivity contribution is 7.89. The van der Waals surface area contributed by atoms with Crippen molar-refractivity contribution >= 4 is 22.0 Å². The topological polar surface area (TPSA) is 114 Å². The Balaban J connectivity index is 2.04. The molecule has 150 valence electrons. The van der Waals surface area contributed by atoms with Crippen molar-refractivity contribution in [3.8, 4) is 0 Å². The predicted molar refractivity (Wildman–Crippen MR) is 104 cm³/mol. The van der Waals surface area contributed by atoms with Gasteiger partial charge in [0.25, 0.3) is 0 Å². The molecule has 0 bridgehead atoms. The third kappa shape index (κ3) is 6.21. The smallest absolute Gasteiger partial charge is 0.309 e. The van der Waals surface area contributed by atoms with Crippen LogP contribution in [0.2, 0.25) is 0 Å². The predicted octanol–water partition coefficient (Wildman–Crippen LogP) is 1.07. The number of hydrogen-bond acceptors (Lipinski definition) is 5. The minimum atomic E-state index is -3.73. The van der Waals surface area contributed by atoms with Crippen molar-refractivity contribution in [1.29, 1.82) is 0 Å². The maximum atomic E-state index is 11.9. The van der Waals surface area contributed by atoms with E-state index in [0.29, 0.717) is 32.8 Å². The number of ether oxygens (including phenoxy) is 1. The first kappa shape index (κ1) is 21.2. The monoisotopic (exact) mass is 396 g/mol. The number of primary sulfonamides is 1. The molecule has 1 aliphatic rings. The summed E-state index contributed by atoms with van der Waals surface area (Å²) in [6, 6.07) is 6.47. The molecular weight excluding hydrogens is 368 g/mol. The number of rotatable bonds is 6. The molecule has 1 aliphatic heterocycles. The Kier molecular flexibility index (Phi) is 7.61. The van der Waals surface area contributed by atoms with Crippen molar-refractivity contribution < 1.29 is 17.9 Å². The SMILES string of the molecule is CCNC(=NCc1cccc(S(N)(=O)=O)c1)N1CCC(C(=O)OCC)CC1. The number of nitrogens with zero attached hydrogens (tertiary/aromatic N) is 2. The second-order valence-corrected chi connectivity index (χ2v) is 7.94. The number of sulfonamides is 1. The zero-order chi connectivity index (χ0) is 19.9. The number of carbonyl (C=O) groups is 1. The normalized spacial score (nSPS) is 16.3. The summed E-state index contributed by atoms with van der Waals surface area (Å²) in [6.45, 7) is 6.69. The molecule has 0 aromatic heterocycles. The summed E-state index contributed by atoms with van der Waals surface area (Å²) in [4.78, 5) is 18.7. The fourth-order valence-electron chi connectivity index (χ4n) is 3.00. The van der Waals surface area contributed by atoms with E-state index in [1.807, 2.05) is 19.9 Å². The van der Waals surface area contributed by atoms with Crippen LogP contribution < -0.4 is 10.5 Å². The molecule has 0 amide bonds. The van der Waals surface area contributed by atoms with Crippen LogP contribution in [0.5, 0.6) is 0 Å². The van der Waals surface area contributed by atoms with Crippen LogP contribution in [-0.2, 0) is 26.1 Å². The lowest BCUT2D eigenvalue weighted by molar-refractivity contribution is -0.149. The van der Waals surface area contributed by atoms with Gasteiger partial charge in [0.1, 0.15) is 0 Å². The summed E-state index contributed by atoms with van der Waals surface area (Å²) in [7, 11) is -3.73. The third-order valence-corrected chi connectivity index (χ3v) is 5.30. The van der Waals surface area contributed by atoms with Crippen molar-refractivity contribution in [2.45, 2.75) is 38.1 Å². The molecular formula is C18H28N4O4S. The Labute approximate surface area is 160 Å². The lowest BCUT2D eigenvalue weighted by Gasteiger charge is -2.33. The fraction of sp³-hybridized carbons (Fsp3) is 0.556. The number of benzene rings is 1. The van der Waals surface area contributed by atoms with Crippen LogP contribution in [0.15, 0.2) is 34.2 Å². The largest absolute Gasteiger partial charge is 0.466 e. The van der Waals surface area contributed by atoms with Crippen molar-refractivity contribution in [2.75, 3.05) is 26.2 Å². The summed E-state index contributed by atoms with van der Waals surface area (Å²) in [5.74, 6) is 0.565. The second-order valence-electron chi connectivity index (χ2n) is 6.38. The minimum absolute atomic E-state index is 0.0597. The van der Waals surface area contributed by atoms with E-state index in [0.717, 1.165) is 24.4 Å². The van der Waals surface area contributed by atoms with Crippen LogP contribution in [0, 0.1) is 5.92 Å². The van der Waals surface area contributed by atoms with Gasteiger partial charge in [0, 0.05) is 19.6 Å². The van der Waals surface area contributed by atoms with Gasteiger partial charge >= 0.3 is 5.97 Å². The van der Waals surface area contributed by atoms with Gasteiger partial charge in [-0.2, -0.15) is 0 Å². The Morgan fingerprint density at radius 2 is 2.04 bits per heavy atom. The lowest BCUT2D eigenvalue weighted by Crippen LogP contribution is -2.46. The summed E-state index contributed by atoms with van der Waals surface area (Å²) in [5, 5.41) is 8.44. The van der Waals surface area contributed by atoms with E-state index in [4.69, 9.17) is 9.88 Å². The molecule has 0 aliphatic carbocycles. The molecule has 1 saturated heterocycles. The molecule has 2 rings (SSSR count). The molecule has 9 heteroatoms. The molecule has 8 nitrogen and oxygen atoms in total. The molecule has 0 unspecified atom stereocenters. The summed E-state index contributed by atoms with van der Waals surface area (Å²) in [5.41, 5.74) is 0.762. The molecule has 1 aromatic rings. The number of nitrogens with two attached hydrogens (primary N) is 1. The second kappa shape index (κ2) is 9.70. The van der Waals surface area contributed by atoms with Gasteiger partial charge in [0.05, 0.1) is 24.0 Å². The van der Waals surface area contributed by atoms with E-state index in [2.05, 4.69) is 15.2 Å². The highest BCUT2D eigenvalue weighted by Gasteiger charge is 2.27. The van der Waals surface area contributed by atoms with Gasteiger partial charge in [-0.15, -0.1) is 0 Å². The van der Waals surface area contributed by atoms with Crippen LogP contribution in [0.3, 0.4) is 0 Å². The first-order valence-electron chi connectivity index (χ1n) is 9.16. The number of hydrogen-bond donors (Lipinski definition) is 2. The molecule has 0 radical (unpaired) electrons. The Morgan fingerprint density at radius 1 is 1.33 bits per heavy atom. The average Bonchev–Trinajstić information content (AvgIpc) is 2.65. The number of carbonyl (C=O) groups excluding carboxylic acids is 1. The molecule has 1 fully saturated rings. The van der Waals surface area contributed by atoms with Gasteiger partial charge in [-0.25, -0.2) is 18.5 Å². The van der Waals surface area contributed by atoms with Gasteiger partial charge < -0.3 is 15.0 Å². The van der Waals surface area contributed by atoms with Crippen molar-refractivity contribution in [2.24, 2.45) is 16.0 Å². The van der Waals surface area contributed by atoms with E-state index in [1.165, 1.54) is 12.1 Å². The minimum Gasteiger partial charge on any atom is -0.466 e. The van der Waals surface area contributed by atoms with Crippen LogP contribution in [0.4, 0.5) is 0 Å². The maximum absolute atomic E-state index is 11.9. The van der Waals surface area contributed by atoms with Gasteiger partial charge in [0.15, 0.2) is 5.96 Å². The van der Waals surface area contributed by atoms with Crippen molar-refractivity contribution in [3.63, 3.8) is 0 Å². The average molecular weight is 397 g/mol. The summed E-state index contributed by atoms with van der Waals surface area (Å²) in [6.07, 6.45) is 1.45. The first-order chi connectivity index (χ1) is 12.8. The highest BCUT2D eigenvalue weighted by atomic mass is 32.2. The molecule has 0 atom stereocenters. The zero-order valence-electron chi connectivity index (χ0n) is 15.8. The molecule has 1 aromatic carbocycles. The van der Waals surface area contributed by atoms with E-state index in [1.54, 1.807) is 6.07 Å². The maximum Gasteiger partial charge on any atom is 0.309 e. The standard InChI is InChI=1S/C18H28N4O4S/c1-3-20-18(22-10-8-15(9-11-22)17(23)26-4-2)21-13-14-6-5-7-16(12-14)27(19,24)25/h5-7,12,15H,3-4,8-11,13H2,1-2H3,(H,20,21)(H2,19,24,25). The van der Waals surface area contributed by atoms with E-state index in [9.17, 15) is 13.2 Å². The van der Waals surface area contributed by atoms with Crippen LogP contribution in [-0.4, -0.2) is 51.5 Å². The number of likely N-dealkylation sites (tertiary alicyclic amines) is 1. The van der Waals surface area contributed by atoms with Gasteiger partial charge in [-0.05, 0) is 44.4 Å². The number of esters is 1. The number of guanidine groups is 1. The van der Waals surface area contributed by atoms with Crippen LogP contribution >= 0.6 is 0 Å². The highest BCUT2D eigenvalue weighted by Crippen LogP contribution is 2.19. The van der Waals surface area contributed by atoms with Crippen LogP contribution in [0.1, 0.15) is 32.3 Å². The van der Waals surface area contributed by atoms with Crippen molar-refractivity contribution in [1.82, 2.24) is 10.2 Å². The molecule has 3 N–H and O–H groups in total. The van der Waals surface area contributed by atoms with Gasteiger partial charge in [-0.3, -0.25) is 4.79 Å². The Hall–Kier alpha value is -2.13. The number of piperidine rings is 1. The summed E-state index contributed by atoms with van der Waals surface area (Å²) >= 11 is 0. The first-order valence-corrected chi connectivity index (χ1v) is 10.7. The van der Waals surface area contributed by atoms with E-state index < -0.39 is 10.0 Å². The lowest BCUT2D eigenvalue weighted by atomic mass is 9.97. The number of nitrogens with one attached hydrogen (secondary N) is 1. The number of aliphatic imine (C=N–C) groups is 1. The molecule has 0 spiro atoms. The molecule has 27 heavy (non-hydrogen) atoms. The third-order valence-electron chi connectivity index (χ3n) is 4.39. The molecule has 1 heterocycles. The van der Waals surface area contributed by atoms with E-state index in [-0.39, 0.29) is 16.8 Å². The van der Waals surface area contributed by atoms with Crippen molar-refractivity contribution in [3.05, 3.63) is 29.8 Å². The zero-order valence-corrected chi connectivity index (χ0v) is 16.7.